The number of nitrogens with zero attached hydrogens (tertiary/aromatic N) is 2. The predicted molar refractivity (Wildman–Crippen MR) is 102 cm³/mol. The summed E-state index contributed by atoms with van der Waals surface area (Å²) in [4.78, 5) is 12.4. The van der Waals surface area contributed by atoms with Gasteiger partial charge >= 0.3 is 0 Å². The fraction of sp³-hybridized carbons (Fsp3) is 0.500. The number of hydrogen-bond acceptors (Lipinski definition) is 3. The fourth-order valence-corrected chi connectivity index (χ4v) is 3.19. The van der Waals surface area contributed by atoms with Crippen LogP contribution in [0.5, 0.6) is 0 Å². The molecule has 1 amide bonds. The number of carbonyl (C=O) groups is 1. The molecule has 1 aliphatic rings. The number of rotatable bonds is 4. The first kappa shape index (κ1) is 19.2. The second-order valence-corrected chi connectivity index (χ2v) is 6.25. The quantitative estimate of drug-likeness (QED) is 0.897. The molecule has 0 atom stereocenters. The first-order chi connectivity index (χ1) is 12.1. The first-order valence-electron chi connectivity index (χ1n) is 9.21. The normalized spacial score (nSPS) is 14.6. The van der Waals surface area contributed by atoms with Crippen molar-refractivity contribution in [2.45, 2.75) is 46.1 Å². The molecule has 1 aromatic carbocycles. The molecule has 1 saturated heterocycles. The van der Waals surface area contributed by atoms with Gasteiger partial charge in [0, 0.05) is 30.9 Å². The standard InChI is InChI=1S/C18H24N4O.C2H6/c1-13-17(12-22(2)21-13)11-20-18(23)16-5-3-4-15(10-16)14-6-8-19-9-7-14;1-2/h3-5,10,12,14,19H,6-9,11H2,1-2H3,(H,20,23);1-2H3. The van der Waals surface area contributed by atoms with Crippen LogP contribution in [0.1, 0.15) is 59.8 Å². The molecule has 1 fully saturated rings. The smallest absolute Gasteiger partial charge is 0.251 e. The highest BCUT2D eigenvalue weighted by Gasteiger charge is 2.16. The molecule has 2 N–H and O–H groups in total. The average Bonchev–Trinajstić information content (AvgIpc) is 2.99. The lowest BCUT2D eigenvalue weighted by molar-refractivity contribution is 0.0950. The zero-order valence-electron chi connectivity index (χ0n) is 15.8. The lowest BCUT2D eigenvalue weighted by Crippen LogP contribution is -2.27. The van der Waals surface area contributed by atoms with Crippen LogP contribution < -0.4 is 10.6 Å². The third kappa shape index (κ3) is 5.16. The zero-order chi connectivity index (χ0) is 18.2. The third-order valence-corrected chi connectivity index (χ3v) is 4.51. The Morgan fingerprint density at radius 1 is 1.32 bits per heavy atom. The van der Waals surface area contributed by atoms with Gasteiger partial charge in [0.25, 0.3) is 5.91 Å². The van der Waals surface area contributed by atoms with Gasteiger partial charge in [-0.05, 0) is 56.5 Å². The second kappa shape index (κ2) is 9.37. The number of benzene rings is 1. The van der Waals surface area contributed by atoms with E-state index in [0.29, 0.717) is 12.5 Å². The first-order valence-corrected chi connectivity index (χ1v) is 9.21. The molecule has 2 aromatic rings. The Labute approximate surface area is 150 Å². The number of carbonyl (C=O) groups excluding carboxylic acids is 1. The highest BCUT2D eigenvalue weighted by molar-refractivity contribution is 5.94. The Morgan fingerprint density at radius 2 is 2.04 bits per heavy atom. The summed E-state index contributed by atoms with van der Waals surface area (Å²) in [6.45, 7) is 8.58. The number of nitrogens with one attached hydrogen (secondary N) is 2. The summed E-state index contributed by atoms with van der Waals surface area (Å²) in [5.41, 5.74) is 4.02. The van der Waals surface area contributed by atoms with Crippen molar-refractivity contribution >= 4 is 5.91 Å². The molecule has 1 aromatic heterocycles. The number of piperidine rings is 1. The van der Waals surface area contributed by atoms with Crippen LogP contribution in [0.15, 0.2) is 30.5 Å². The maximum atomic E-state index is 12.4. The second-order valence-electron chi connectivity index (χ2n) is 6.25. The Balaban J connectivity index is 0.00000109. The van der Waals surface area contributed by atoms with E-state index in [1.165, 1.54) is 5.56 Å². The maximum Gasteiger partial charge on any atom is 0.251 e. The minimum atomic E-state index is -0.0240. The molecule has 0 bridgehead atoms. The van der Waals surface area contributed by atoms with Crippen molar-refractivity contribution in [1.82, 2.24) is 20.4 Å². The Kier molecular flexibility index (Phi) is 7.19. The molecule has 0 aliphatic carbocycles. The van der Waals surface area contributed by atoms with E-state index in [4.69, 9.17) is 0 Å². The van der Waals surface area contributed by atoms with Gasteiger partial charge in [-0.1, -0.05) is 26.0 Å². The van der Waals surface area contributed by atoms with Crippen molar-refractivity contribution in [3.63, 3.8) is 0 Å². The van der Waals surface area contributed by atoms with Crippen LogP contribution in [-0.4, -0.2) is 28.8 Å². The van der Waals surface area contributed by atoms with E-state index >= 15 is 0 Å². The number of hydrogen-bond donors (Lipinski definition) is 2. The molecule has 0 saturated carbocycles. The molecule has 5 heteroatoms. The Hall–Kier alpha value is -2.14. The van der Waals surface area contributed by atoms with Crippen LogP contribution in [-0.2, 0) is 13.6 Å². The summed E-state index contributed by atoms with van der Waals surface area (Å²) in [7, 11) is 1.89. The van der Waals surface area contributed by atoms with E-state index in [2.05, 4.69) is 21.8 Å². The molecule has 1 aliphatic heterocycles. The van der Waals surface area contributed by atoms with E-state index in [1.54, 1.807) is 4.68 Å². The van der Waals surface area contributed by atoms with Gasteiger partial charge < -0.3 is 10.6 Å². The van der Waals surface area contributed by atoms with Crippen LogP contribution >= 0.6 is 0 Å². The summed E-state index contributed by atoms with van der Waals surface area (Å²) >= 11 is 0. The summed E-state index contributed by atoms with van der Waals surface area (Å²) in [5.74, 6) is 0.536. The third-order valence-electron chi connectivity index (χ3n) is 4.51. The molecule has 3 rings (SSSR count). The number of aryl methyl sites for hydroxylation is 2. The molecule has 5 nitrogen and oxygen atoms in total. The molecule has 0 spiro atoms. The van der Waals surface area contributed by atoms with Gasteiger partial charge in [-0.3, -0.25) is 9.48 Å². The van der Waals surface area contributed by atoms with Gasteiger partial charge in [-0.15, -0.1) is 0 Å². The summed E-state index contributed by atoms with van der Waals surface area (Å²) in [6, 6.07) is 8.05. The molecule has 0 unspecified atom stereocenters. The van der Waals surface area contributed by atoms with Crippen LogP contribution in [0.25, 0.3) is 0 Å². The predicted octanol–water partition coefficient (Wildman–Crippen LogP) is 3.15. The number of aromatic nitrogens is 2. The molecule has 2 heterocycles. The van der Waals surface area contributed by atoms with Gasteiger partial charge in [-0.2, -0.15) is 5.10 Å². The van der Waals surface area contributed by atoms with Crippen LogP contribution in [0.3, 0.4) is 0 Å². The van der Waals surface area contributed by atoms with E-state index in [0.717, 1.165) is 42.8 Å². The van der Waals surface area contributed by atoms with Gasteiger partial charge in [0.1, 0.15) is 0 Å². The number of amides is 1. The monoisotopic (exact) mass is 342 g/mol. The Morgan fingerprint density at radius 3 is 2.68 bits per heavy atom. The van der Waals surface area contributed by atoms with E-state index in [1.807, 2.05) is 52.2 Å². The van der Waals surface area contributed by atoms with E-state index in [9.17, 15) is 4.79 Å². The summed E-state index contributed by atoms with van der Waals surface area (Å²) in [5, 5.41) is 10.7. The molecular formula is C20H30N4O. The van der Waals surface area contributed by atoms with E-state index < -0.39 is 0 Å². The van der Waals surface area contributed by atoms with Gasteiger partial charge in [0.15, 0.2) is 0 Å². The molecule has 0 radical (unpaired) electrons. The lowest BCUT2D eigenvalue weighted by atomic mass is 9.89. The highest BCUT2D eigenvalue weighted by Crippen LogP contribution is 2.25. The minimum absolute atomic E-state index is 0.0240. The van der Waals surface area contributed by atoms with E-state index in [-0.39, 0.29) is 5.91 Å². The van der Waals surface area contributed by atoms with Gasteiger partial charge in [0.05, 0.1) is 5.69 Å². The average molecular weight is 342 g/mol. The van der Waals surface area contributed by atoms with Gasteiger partial charge in [-0.25, -0.2) is 0 Å². The molecule has 25 heavy (non-hydrogen) atoms. The van der Waals surface area contributed by atoms with Crippen molar-refractivity contribution in [3.8, 4) is 0 Å². The van der Waals surface area contributed by atoms with Crippen molar-refractivity contribution in [3.05, 3.63) is 52.8 Å². The maximum absolute atomic E-state index is 12.4. The SMILES string of the molecule is CC.Cc1nn(C)cc1CNC(=O)c1cccc(C2CCNCC2)c1. The van der Waals surface area contributed by atoms with Crippen molar-refractivity contribution < 1.29 is 4.79 Å². The zero-order valence-corrected chi connectivity index (χ0v) is 15.8. The van der Waals surface area contributed by atoms with Crippen molar-refractivity contribution in [1.29, 1.82) is 0 Å². The topological polar surface area (TPSA) is 59.0 Å². The van der Waals surface area contributed by atoms with Crippen LogP contribution in [0.4, 0.5) is 0 Å². The van der Waals surface area contributed by atoms with Crippen molar-refractivity contribution in [2.24, 2.45) is 7.05 Å². The fourth-order valence-electron chi connectivity index (χ4n) is 3.19. The van der Waals surface area contributed by atoms with Gasteiger partial charge in [0.2, 0.25) is 0 Å². The summed E-state index contributed by atoms with van der Waals surface area (Å²) in [6.07, 6.45) is 4.22. The van der Waals surface area contributed by atoms with Crippen LogP contribution in [0.2, 0.25) is 0 Å². The van der Waals surface area contributed by atoms with Crippen molar-refractivity contribution in [2.75, 3.05) is 13.1 Å². The lowest BCUT2D eigenvalue weighted by Gasteiger charge is -2.23. The minimum Gasteiger partial charge on any atom is -0.348 e. The van der Waals surface area contributed by atoms with Crippen LogP contribution in [0, 0.1) is 6.92 Å². The highest BCUT2D eigenvalue weighted by atomic mass is 16.1. The Bertz CT molecular complexity index is 687. The largest absolute Gasteiger partial charge is 0.348 e. The summed E-state index contributed by atoms with van der Waals surface area (Å²) < 4.78 is 1.77. The molecule has 136 valence electrons. The molecular weight excluding hydrogens is 312 g/mol.